The largest absolute Gasteiger partial charge is 0.308 e. The summed E-state index contributed by atoms with van der Waals surface area (Å²) in [7, 11) is 0. The van der Waals surface area contributed by atoms with Gasteiger partial charge in [0.25, 0.3) is 0 Å². The first-order valence-corrected chi connectivity index (χ1v) is 21.9. The van der Waals surface area contributed by atoms with Gasteiger partial charge in [-0.1, -0.05) is 206 Å². The van der Waals surface area contributed by atoms with Crippen molar-refractivity contribution in [2.75, 3.05) is 0 Å². The Labute approximate surface area is 359 Å². The third-order valence-corrected chi connectivity index (χ3v) is 13.8. The van der Waals surface area contributed by atoms with Crippen molar-refractivity contribution in [1.29, 1.82) is 0 Å². The summed E-state index contributed by atoms with van der Waals surface area (Å²) in [5, 5.41) is 7.66. The Morgan fingerprint density at radius 1 is 0.344 bits per heavy atom. The van der Waals surface area contributed by atoms with E-state index in [2.05, 4.69) is 235 Å². The second-order valence-electron chi connectivity index (χ2n) is 16.0. The Hall–Kier alpha value is -7.52. The van der Waals surface area contributed by atoms with Gasteiger partial charge in [0, 0.05) is 32.2 Å². The van der Waals surface area contributed by atoms with Gasteiger partial charge in [0.2, 0.25) is 0 Å². The summed E-state index contributed by atoms with van der Waals surface area (Å²) in [6.45, 7) is 0. The molecule has 1 atom stereocenters. The third-order valence-electron chi connectivity index (χ3n) is 12.6. The summed E-state index contributed by atoms with van der Waals surface area (Å²) in [4.78, 5) is 0. The molecule has 0 saturated heterocycles. The molecule has 1 nitrogen and oxygen atoms in total. The highest BCUT2D eigenvalue weighted by Gasteiger charge is 2.24. The van der Waals surface area contributed by atoms with Gasteiger partial charge in [0.05, 0.1) is 21.4 Å². The van der Waals surface area contributed by atoms with E-state index in [0.717, 1.165) is 0 Å². The number of hydrogen-bond acceptors (Lipinski definition) is 1. The van der Waals surface area contributed by atoms with Crippen LogP contribution in [0.4, 0.5) is 0 Å². The lowest BCUT2D eigenvalue weighted by Gasteiger charge is -2.25. The average molecular weight is 794 g/mol. The van der Waals surface area contributed by atoms with Gasteiger partial charge in [-0.25, -0.2) is 0 Å². The van der Waals surface area contributed by atoms with E-state index in [-0.39, 0.29) is 5.92 Å². The van der Waals surface area contributed by atoms with Crippen LogP contribution < -0.4 is 0 Å². The standard InChI is InChI=1S/C59H39NS/c1-2-16-39(17-3-1)40-32-34-42(35-33-40)58(51-27-14-19-41-18-4-5-20-44(41)51)52-26-9-8-23-47(52)46-22-7-6-21-45(46)43-36-37-49-48-24-10-12-29-54(48)60(56(49)38-43)55-30-15-28-53-50-25-11-13-31-57(50)61-59(53)55/h1-38,58H. The molecule has 0 aliphatic rings. The van der Waals surface area contributed by atoms with Crippen molar-refractivity contribution in [2.45, 2.75) is 5.92 Å². The Balaban J connectivity index is 1.06. The van der Waals surface area contributed by atoms with E-state index in [1.807, 2.05) is 11.3 Å². The number of thiophene rings is 1. The minimum Gasteiger partial charge on any atom is -0.308 e. The highest BCUT2D eigenvalue weighted by molar-refractivity contribution is 7.26. The zero-order valence-electron chi connectivity index (χ0n) is 33.4. The normalized spacial score (nSPS) is 12.2. The zero-order chi connectivity index (χ0) is 40.3. The van der Waals surface area contributed by atoms with Crippen molar-refractivity contribution in [1.82, 2.24) is 4.57 Å². The molecule has 10 aromatic carbocycles. The van der Waals surface area contributed by atoms with Gasteiger partial charge in [0.1, 0.15) is 0 Å². The zero-order valence-corrected chi connectivity index (χ0v) is 34.2. The molecular weight excluding hydrogens is 755 g/mol. The van der Waals surface area contributed by atoms with Gasteiger partial charge in [-0.05, 0) is 85.1 Å². The van der Waals surface area contributed by atoms with E-state index < -0.39 is 0 Å². The summed E-state index contributed by atoms with van der Waals surface area (Å²) in [6, 6.07) is 85.0. The Kier molecular flexibility index (Phi) is 8.50. The van der Waals surface area contributed by atoms with Gasteiger partial charge in [-0.3, -0.25) is 0 Å². The summed E-state index contributed by atoms with van der Waals surface area (Å²) < 4.78 is 5.12. The fourth-order valence-corrected chi connectivity index (χ4v) is 11.0. The number of para-hydroxylation sites is 1. The minimum atomic E-state index is -0.00742. The van der Waals surface area contributed by atoms with Gasteiger partial charge in [-0.15, -0.1) is 11.3 Å². The smallest absolute Gasteiger partial charge is 0.0640 e. The maximum absolute atomic E-state index is 2.50. The van der Waals surface area contributed by atoms with E-state index in [4.69, 9.17) is 0 Å². The molecular formula is C59H39NS. The summed E-state index contributed by atoms with van der Waals surface area (Å²) in [5.74, 6) is -0.00742. The summed E-state index contributed by atoms with van der Waals surface area (Å²) in [6.07, 6.45) is 0. The van der Waals surface area contributed by atoms with E-state index in [9.17, 15) is 0 Å². The van der Waals surface area contributed by atoms with Crippen molar-refractivity contribution in [2.24, 2.45) is 0 Å². The van der Waals surface area contributed by atoms with Gasteiger partial charge < -0.3 is 4.57 Å². The maximum atomic E-state index is 2.50. The number of benzene rings is 10. The minimum absolute atomic E-state index is 0.00742. The summed E-state index contributed by atoms with van der Waals surface area (Å²) >= 11 is 1.88. The third kappa shape index (κ3) is 5.91. The monoisotopic (exact) mass is 793 g/mol. The fraction of sp³-hybridized carbons (Fsp3) is 0.0169. The maximum Gasteiger partial charge on any atom is 0.0640 e. The van der Waals surface area contributed by atoms with Crippen LogP contribution >= 0.6 is 11.3 Å². The van der Waals surface area contributed by atoms with E-state index in [1.54, 1.807) is 0 Å². The van der Waals surface area contributed by atoms with Crippen LogP contribution in [0, 0.1) is 0 Å². The topological polar surface area (TPSA) is 4.93 Å². The number of rotatable bonds is 7. The van der Waals surface area contributed by atoms with E-state index in [0.29, 0.717) is 0 Å². The quantitative estimate of drug-likeness (QED) is 0.142. The van der Waals surface area contributed by atoms with Crippen molar-refractivity contribution in [3.05, 3.63) is 247 Å². The number of fused-ring (bicyclic) bond motifs is 7. The predicted molar refractivity (Wildman–Crippen MR) is 261 cm³/mol. The van der Waals surface area contributed by atoms with Crippen LogP contribution in [0.1, 0.15) is 22.6 Å². The SMILES string of the molecule is c1ccc(-c2ccc(C(c3ccccc3-c3ccccc3-c3ccc4c5ccccc5n(-c5cccc6c5sc5ccccc56)c4c3)c3cccc4ccccc34)cc2)cc1. The second-order valence-corrected chi connectivity index (χ2v) is 17.0. The second kappa shape index (κ2) is 14.6. The molecule has 2 heteroatoms. The van der Waals surface area contributed by atoms with Crippen LogP contribution in [0.15, 0.2) is 231 Å². The molecule has 0 radical (unpaired) electrons. The van der Waals surface area contributed by atoms with Crippen LogP contribution in [0.3, 0.4) is 0 Å². The summed E-state index contributed by atoms with van der Waals surface area (Å²) in [5.41, 5.74) is 14.8. The van der Waals surface area contributed by atoms with Crippen molar-refractivity contribution in [3.63, 3.8) is 0 Å². The van der Waals surface area contributed by atoms with Gasteiger partial charge >= 0.3 is 0 Å². The lowest BCUT2D eigenvalue weighted by molar-refractivity contribution is 0.992. The van der Waals surface area contributed by atoms with Crippen LogP contribution in [0.2, 0.25) is 0 Å². The molecule has 0 aliphatic carbocycles. The van der Waals surface area contributed by atoms with Crippen molar-refractivity contribution >= 4 is 64.1 Å². The van der Waals surface area contributed by atoms with Crippen LogP contribution in [0.5, 0.6) is 0 Å². The number of hydrogen-bond donors (Lipinski definition) is 0. The predicted octanol–water partition coefficient (Wildman–Crippen LogP) is 16.5. The molecule has 0 saturated carbocycles. The lowest BCUT2D eigenvalue weighted by Crippen LogP contribution is -2.06. The Morgan fingerprint density at radius 2 is 0.934 bits per heavy atom. The molecule has 0 aliphatic heterocycles. The first-order valence-electron chi connectivity index (χ1n) is 21.0. The molecule has 61 heavy (non-hydrogen) atoms. The van der Waals surface area contributed by atoms with Crippen molar-refractivity contribution < 1.29 is 0 Å². The average Bonchev–Trinajstić information content (AvgIpc) is 3.88. The number of nitrogens with zero attached hydrogens (tertiary/aromatic N) is 1. The highest BCUT2D eigenvalue weighted by atomic mass is 32.1. The van der Waals surface area contributed by atoms with Gasteiger partial charge in [-0.2, -0.15) is 0 Å². The molecule has 0 fully saturated rings. The van der Waals surface area contributed by atoms with Gasteiger partial charge in [0.15, 0.2) is 0 Å². The van der Waals surface area contributed by atoms with Crippen molar-refractivity contribution in [3.8, 4) is 39.1 Å². The molecule has 0 amide bonds. The first kappa shape index (κ1) is 35.4. The fourth-order valence-electron chi connectivity index (χ4n) is 9.80. The molecule has 2 heterocycles. The molecule has 0 spiro atoms. The number of aromatic nitrogens is 1. The Morgan fingerprint density at radius 3 is 1.80 bits per heavy atom. The molecule has 12 aromatic rings. The molecule has 1 unspecified atom stereocenters. The first-order chi connectivity index (χ1) is 30.3. The van der Waals surface area contributed by atoms with Crippen LogP contribution in [0.25, 0.3) is 91.8 Å². The van der Waals surface area contributed by atoms with E-state index in [1.165, 1.54) is 109 Å². The molecule has 2 aromatic heterocycles. The van der Waals surface area contributed by atoms with E-state index >= 15 is 0 Å². The molecule has 0 N–H and O–H groups in total. The molecule has 286 valence electrons. The lowest BCUT2D eigenvalue weighted by atomic mass is 9.78. The van der Waals surface area contributed by atoms with Crippen LogP contribution in [-0.2, 0) is 0 Å². The van der Waals surface area contributed by atoms with Crippen LogP contribution in [-0.4, -0.2) is 4.57 Å². The highest BCUT2D eigenvalue weighted by Crippen LogP contribution is 2.45. The molecule has 0 bridgehead atoms. The molecule has 12 rings (SSSR count). The Bertz CT molecular complexity index is 3580.